The summed E-state index contributed by atoms with van der Waals surface area (Å²) in [7, 11) is 0. The third kappa shape index (κ3) is 4.61. The summed E-state index contributed by atoms with van der Waals surface area (Å²) in [6.45, 7) is 6.65. The number of hydrogen-bond acceptors (Lipinski definition) is 3. The molecule has 1 aromatic heterocycles. The minimum Gasteiger partial charge on any atom is -0.217 e. The fourth-order valence-electron chi connectivity index (χ4n) is 6.31. The first-order valence-electron chi connectivity index (χ1n) is 14.8. The Morgan fingerprint density at radius 3 is 0.905 bits per heavy atom. The molecule has 7 rings (SSSR count). The molecule has 0 radical (unpaired) electrons. The normalized spacial score (nSPS) is 13.8. The lowest BCUT2D eigenvalue weighted by molar-refractivity contribution is 0.680. The summed E-state index contributed by atoms with van der Waals surface area (Å²) in [5.74, 6) is 2.42. The lowest BCUT2D eigenvalue weighted by Crippen LogP contribution is -2.15. The lowest BCUT2D eigenvalue weighted by Gasteiger charge is -2.21. The van der Waals surface area contributed by atoms with Crippen LogP contribution in [0.5, 0.6) is 0 Å². The van der Waals surface area contributed by atoms with Gasteiger partial charge < -0.3 is 0 Å². The van der Waals surface area contributed by atoms with Crippen LogP contribution in [0, 0.1) is 0 Å². The molecule has 0 spiro atoms. The van der Waals surface area contributed by atoms with E-state index in [4.69, 9.17) is 15.0 Å². The van der Waals surface area contributed by atoms with Crippen molar-refractivity contribution in [2.75, 3.05) is 0 Å². The van der Waals surface area contributed by atoms with E-state index < -0.39 is 0 Å². The average molecular weight is 544 g/mol. The van der Waals surface area contributed by atoms with Gasteiger partial charge in [0.05, 0.1) is 0 Å². The molecule has 1 heterocycles. The maximum absolute atomic E-state index is 5.22. The molecule has 0 saturated heterocycles. The topological polar surface area (TPSA) is 38.7 Å². The van der Waals surface area contributed by atoms with Gasteiger partial charge in [-0.1, -0.05) is 148 Å². The molecule has 0 saturated carbocycles. The van der Waals surface area contributed by atoms with Crippen molar-refractivity contribution in [2.24, 2.45) is 0 Å². The van der Waals surface area contributed by atoms with Crippen LogP contribution in [0.25, 0.3) is 32.3 Å². The second-order valence-electron chi connectivity index (χ2n) is 11.3. The molecule has 0 amide bonds. The van der Waals surface area contributed by atoms with E-state index in [0.717, 1.165) is 17.5 Å². The lowest BCUT2D eigenvalue weighted by atomic mass is 9.91. The first kappa shape index (κ1) is 26.0. The van der Waals surface area contributed by atoms with Crippen LogP contribution >= 0.6 is 0 Å². The summed E-state index contributed by atoms with van der Waals surface area (Å²) >= 11 is 0. The van der Waals surface area contributed by atoms with Crippen molar-refractivity contribution in [3.63, 3.8) is 0 Å². The molecule has 6 aromatic carbocycles. The van der Waals surface area contributed by atoms with Gasteiger partial charge in [0.2, 0.25) is 0 Å². The molecule has 3 unspecified atom stereocenters. The maximum Gasteiger partial charge on any atom is 0.139 e. The molecule has 7 aromatic rings. The molecule has 0 N–H and O–H groups in total. The van der Waals surface area contributed by atoms with Gasteiger partial charge in [-0.3, -0.25) is 0 Å². The van der Waals surface area contributed by atoms with Crippen molar-refractivity contribution in [3.8, 4) is 0 Å². The van der Waals surface area contributed by atoms with Crippen molar-refractivity contribution in [3.05, 3.63) is 162 Å². The Balaban J connectivity index is 1.41. The van der Waals surface area contributed by atoms with E-state index in [0.29, 0.717) is 0 Å². The second-order valence-corrected chi connectivity index (χ2v) is 11.3. The minimum atomic E-state index is -0.00367. The van der Waals surface area contributed by atoms with Crippen LogP contribution < -0.4 is 0 Å². The molecule has 0 aliphatic rings. The molecule has 0 bridgehead atoms. The van der Waals surface area contributed by atoms with Crippen LogP contribution in [0.15, 0.2) is 127 Å². The molecule has 3 atom stereocenters. The highest BCUT2D eigenvalue weighted by Gasteiger charge is 2.24. The van der Waals surface area contributed by atoms with E-state index in [2.05, 4.69) is 148 Å². The smallest absolute Gasteiger partial charge is 0.139 e. The zero-order valence-corrected chi connectivity index (χ0v) is 24.2. The summed E-state index contributed by atoms with van der Waals surface area (Å²) in [4.78, 5) is 15.6. The van der Waals surface area contributed by atoms with Crippen LogP contribution in [0.1, 0.15) is 72.7 Å². The van der Waals surface area contributed by atoms with E-state index in [1.807, 2.05) is 0 Å². The van der Waals surface area contributed by atoms with E-state index in [9.17, 15) is 0 Å². The predicted octanol–water partition coefficient (Wildman–Crippen LogP) is 9.79. The van der Waals surface area contributed by atoms with Crippen molar-refractivity contribution in [2.45, 2.75) is 38.5 Å². The summed E-state index contributed by atoms with van der Waals surface area (Å²) in [6, 6.07) is 45.2. The molecular weight excluding hydrogens is 510 g/mol. The molecule has 3 nitrogen and oxygen atoms in total. The largest absolute Gasteiger partial charge is 0.217 e. The molecule has 42 heavy (non-hydrogen) atoms. The Bertz CT molecular complexity index is 1800. The van der Waals surface area contributed by atoms with Crippen LogP contribution in [-0.2, 0) is 0 Å². The second kappa shape index (κ2) is 10.8. The molecule has 0 aliphatic carbocycles. The molecule has 3 heteroatoms. The standard InChI is InChI=1S/C39H33N3/c1-25(31-22-10-16-28-13-4-7-19-34(28)31)37-40-38(26(2)32-23-11-17-29-14-5-8-20-35(29)32)42-39(41-37)27(3)33-24-12-18-30-15-6-9-21-36(30)33/h4-27H,1-3H3. The van der Waals surface area contributed by atoms with Gasteiger partial charge in [-0.05, 0) is 49.0 Å². The number of aromatic nitrogens is 3. The van der Waals surface area contributed by atoms with Gasteiger partial charge in [0, 0.05) is 17.8 Å². The summed E-state index contributed by atoms with van der Waals surface area (Å²) in [5.41, 5.74) is 3.69. The Labute approximate surface area is 246 Å². The third-order valence-corrected chi connectivity index (χ3v) is 8.72. The first-order chi connectivity index (χ1) is 20.6. The molecule has 204 valence electrons. The monoisotopic (exact) mass is 543 g/mol. The molecular formula is C39H33N3. The zero-order chi connectivity index (χ0) is 28.6. The van der Waals surface area contributed by atoms with E-state index in [-0.39, 0.29) is 17.8 Å². The van der Waals surface area contributed by atoms with Gasteiger partial charge in [0.15, 0.2) is 0 Å². The van der Waals surface area contributed by atoms with Crippen LogP contribution in [0.3, 0.4) is 0 Å². The predicted molar refractivity (Wildman–Crippen MR) is 174 cm³/mol. The first-order valence-corrected chi connectivity index (χ1v) is 14.8. The van der Waals surface area contributed by atoms with Gasteiger partial charge in [-0.15, -0.1) is 0 Å². The number of fused-ring (bicyclic) bond motifs is 3. The van der Waals surface area contributed by atoms with Gasteiger partial charge in [0.1, 0.15) is 17.5 Å². The summed E-state index contributed by atoms with van der Waals surface area (Å²) in [6.07, 6.45) is 0. The van der Waals surface area contributed by atoms with Crippen molar-refractivity contribution >= 4 is 32.3 Å². The van der Waals surface area contributed by atoms with Crippen molar-refractivity contribution in [1.82, 2.24) is 15.0 Å². The number of nitrogens with zero attached hydrogens (tertiary/aromatic N) is 3. The number of rotatable bonds is 6. The molecule has 0 aliphatic heterocycles. The van der Waals surface area contributed by atoms with Gasteiger partial charge in [0.25, 0.3) is 0 Å². The van der Waals surface area contributed by atoms with Gasteiger partial charge >= 0.3 is 0 Å². The Kier molecular flexibility index (Phi) is 6.71. The third-order valence-electron chi connectivity index (χ3n) is 8.72. The van der Waals surface area contributed by atoms with E-state index in [1.54, 1.807) is 0 Å². The SMILES string of the molecule is CC(c1nc(C(C)c2cccc3ccccc23)nc(C(C)c2cccc3ccccc23)n1)c1cccc2ccccc12. The Morgan fingerprint density at radius 2 is 0.595 bits per heavy atom. The minimum absolute atomic E-state index is 0.00367. The highest BCUT2D eigenvalue weighted by Crippen LogP contribution is 2.35. The van der Waals surface area contributed by atoms with Crippen LogP contribution in [0.2, 0.25) is 0 Å². The van der Waals surface area contributed by atoms with Gasteiger partial charge in [-0.25, -0.2) is 15.0 Å². The van der Waals surface area contributed by atoms with Gasteiger partial charge in [-0.2, -0.15) is 0 Å². The average Bonchev–Trinajstić information content (AvgIpc) is 3.06. The van der Waals surface area contributed by atoms with Crippen LogP contribution in [-0.4, -0.2) is 15.0 Å². The zero-order valence-electron chi connectivity index (χ0n) is 24.2. The Hall–Kier alpha value is -4.89. The van der Waals surface area contributed by atoms with Crippen molar-refractivity contribution in [1.29, 1.82) is 0 Å². The summed E-state index contributed by atoms with van der Waals surface area (Å²) in [5, 5.41) is 7.39. The number of benzene rings is 6. The highest BCUT2D eigenvalue weighted by molar-refractivity contribution is 5.88. The quantitative estimate of drug-likeness (QED) is 0.209. The fourth-order valence-corrected chi connectivity index (χ4v) is 6.31. The van der Waals surface area contributed by atoms with Crippen molar-refractivity contribution < 1.29 is 0 Å². The highest BCUT2D eigenvalue weighted by atomic mass is 15.0. The van der Waals surface area contributed by atoms with Crippen LogP contribution in [0.4, 0.5) is 0 Å². The summed E-state index contributed by atoms with van der Waals surface area (Å²) < 4.78 is 0. The Morgan fingerprint density at radius 1 is 0.333 bits per heavy atom. The molecule has 0 fully saturated rings. The maximum atomic E-state index is 5.22. The van der Waals surface area contributed by atoms with E-state index in [1.165, 1.54) is 49.0 Å². The fraction of sp³-hybridized carbons (Fsp3) is 0.154. The van der Waals surface area contributed by atoms with E-state index >= 15 is 0 Å². The number of hydrogen-bond donors (Lipinski definition) is 0.